The highest BCUT2D eigenvalue weighted by atomic mass is 16.5. The zero-order valence-corrected chi connectivity index (χ0v) is 9.14. The summed E-state index contributed by atoms with van der Waals surface area (Å²) in [6, 6.07) is 7.68. The third kappa shape index (κ3) is 2.06. The summed E-state index contributed by atoms with van der Waals surface area (Å²) in [4.78, 5) is 4.16. The van der Waals surface area contributed by atoms with Gasteiger partial charge in [0.25, 0.3) is 0 Å². The first-order chi connectivity index (χ1) is 7.85. The van der Waals surface area contributed by atoms with Crippen molar-refractivity contribution in [2.45, 2.75) is 6.42 Å². The monoisotopic (exact) mass is 218 g/mol. The van der Waals surface area contributed by atoms with Crippen molar-refractivity contribution in [3.05, 3.63) is 36.4 Å². The van der Waals surface area contributed by atoms with Gasteiger partial charge in [-0.3, -0.25) is 0 Å². The molecule has 4 nitrogen and oxygen atoms in total. The number of ether oxygens (including phenoxy) is 1. The zero-order valence-electron chi connectivity index (χ0n) is 9.14. The van der Waals surface area contributed by atoms with Crippen LogP contribution >= 0.6 is 0 Å². The number of nitrogens with two attached hydrogens (primary N) is 1. The van der Waals surface area contributed by atoms with E-state index in [-0.39, 0.29) is 0 Å². The van der Waals surface area contributed by atoms with Gasteiger partial charge in [-0.25, -0.2) is 4.98 Å². The largest absolute Gasteiger partial charge is 0.496 e. The number of hydrogen-bond acceptors (Lipinski definition) is 4. The van der Waals surface area contributed by atoms with Gasteiger partial charge in [0.15, 0.2) is 11.7 Å². The molecule has 0 saturated carbocycles. The lowest BCUT2D eigenvalue weighted by atomic mass is 10.1. The molecule has 84 valence electrons. The van der Waals surface area contributed by atoms with Crippen LogP contribution in [-0.4, -0.2) is 18.6 Å². The fourth-order valence-corrected chi connectivity index (χ4v) is 1.52. The molecule has 0 amide bonds. The standard InChI is InChI=1S/C12H14N2O2/c1-15-10-5-3-2-4-9(10)11-8-14-12(16-11)6-7-13/h2-5,8H,6-7,13H2,1H3. The Morgan fingerprint density at radius 1 is 1.38 bits per heavy atom. The van der Waals surface area contributed by atoms with E-state index >= 15 is 0 Å². The van der Waals surface area contributed by atoms with Gasteiger partial charge in [-0.1, -0.05) is 12.1 Å². The molecule has 0 aliphatic heterocycles. The predicted molar refractivity (Wildman–Crippen MR) is 61.2 cm³/mol. The van der Waals surface area contributed by atoms with Crippen molar-refractivity contribution in [1.29, 1.82) is 0 Å². The normalized spacial score (nSPS) is 10.4. The Morgan fingerprint density at radius 3 is 2.94 bits per heavy atom. The third-order valence-electron chi connectivity index (χ3n) is 2.28. The van der Waals surface area contributed by atoms with Gasteiger partial charge in [-0.15, -0.1) is 0 Å². The Labute approximate surface area is 94.1 Å². The van der Waals surface area contributed by atoms with E-state index in [1.807, 2.05) is 24.3 Å². The van der Waals surface area contributed by atoms with E-state index in [0.717, 1.165) is 11.3 Å². The van der Waals surface area contributed by atoms with Crippen molar-refractivity contribution in [2.24, 2.45) is 5.73 Å². The summed E-state index contributed by atoms with van der Waals surface area (Å²) >= 11 is 0. The molecule has 16 heavy (non-hydrogen) atoms. The summed E-state index contributed by atoms with van der Waals surface area (Å²) < 4.78 is 10.8. The minimum Gasteiger partial charge on any atom is -0.496 e. The second-order valence-electron chi connectivity index (χ2n) is 3.36. The van der Waals surface area contributed by atoms with Crippen LogP contribution in [0.1, 0.15) is 5.89 Å². The molecule has 0 bridgehead atoms. The molecule has 1 aromatic heterocycles. The molecule has 0 aliphatic rings. The van der Waals surface area contributed by atoms with Crippen LogP contribution in [0.3, 0.4) is 0 Å². The summed E-state index contributed by atoms with van der Waals surface area (Å²) in [5, 5.41) is 0. The second-order valence-corrected chi connectivity index (χ2v) is 3.36. The Kier molecular flexibility index (Phi) is 3.22. The highest BCUT2D eigenvalue weighted by Crippen LogP contribution is 2.29. The maximum Gasteiger partial charge on any atom is 0.196 e. The summed E-state index contributed by atoms with van der Waals surface area (Å²) in [5.41, 5.74) is 6.34. The SMILES string of the molecule is COc1ccccc1-c1cnc(CCN)o1. The molecular formula is C12H14N2O2. The van der Waals surface area contributed by atoms with Gasteiger partial charge in [-0.2, -0.15) is 0 Å². The van der Waals surface area contributed by atoms with Crippen LogP contribution in [0, 0.1) is 0 Å². The number of rotatable bonds is 4. The van der Waals surface area contributed by atoms with Crippen LogP contribution in [0.15, 0.2) is 34.9 Å². The smallest absolute Gasteiger partial charge is 0.196 e. The van der Waals surface area contributed by atoms with E-state index in [1.165, 1.54) is 0 Å². The fourth-order valence-electron chi connectivity index (χ4n) is 1.52. The van der Waals surface area contributed by atoms with E-state index in [9.17, 15) is 0 Å². The highest BCUT2D eigenvalue weighted by molar-refractivity contribution is 5.64. The summed E-state index contributed by atoms with van der Waals surface area (Å²) in [7, 11) is 1.63. The molecule has 0 unspecified atom stereocenters. The quantitative estimate of drug-likeness (QED) is 0.850. The number of benzene rings is 1. The molecule has 0 atom stereocenters. The number of hydrogen-bond donors (Lipinski definition) is 1. The minimum absolute atomic E-state index is 0.534. The molecule has 0 radical (unpaired) electrons. The lowest BCUT2D eigenvalue weighted by molar-refractivity contribution is 0.414. The van der Waals surface area contributed by atoms with Crippen molar-refractivity contribution >= 4 is 0 Å². The average molecular weight is 218 g/mol. The lowest BCUT2D eigenvalue weighted by Gasteiger charge is -2.04. The van der Waals surface area contributed by atoms with Crippen molar-refractivity contribution in [1.82, 2.24) is 4.98 Å². The highest BCUT2D eigenvalue weighted by Gasteiger charge is 2.10. The summed E-state index contributed by atoms with van der Waals surface area (Å²) in [5.74, 6) is 2.14. The predicted octanol–water partition coefficient (Wildman–Crippen LogP) is 1.85. The molecule has 2 aromatic rings. The van der Waals surface area contributed by atoms with Crippen molar-refractivity contribution in [2.75, 3.05) is 13.7 Å². The molecular weight excluding hydrogens is 204 g/mol. The van der Waals surface area contributed by atoms with Crippen molar-refractivity contribution in [3.8, 4) is 17.1 Å². The van der Waals surface area contributed by atoms with Gasteiger partial charge in [0.2, 0.25) is 0 Å². The molecule has 0 spiro atoms. The van der Waals surface area contributed by atoms with Crippen LogP contribution in [0.5, 0.6) is 5.75 Å². The number of para-hydroxylation sites is 1. The molecule has 0 saturated heterocycles. The molecule has 1 aromatic carbocycles. The fraction of sp³-hybridized carbons (Fsp3) is 0.250. The van der Waals surface area contributed by atoms with Crippen LogP contribution in [-0.2, 0) is 6.42 Å². The van der Waals surface area contributed by atoms with Gasteiger partial charge < -0.3 is 14.9 Å². The first kappa shape index (κ1) is 10.7. The lowest BCUT2D eigenvalue weighted by Crippen LogP contribution is -2.02. The van der Waals surface area contributed by atoms with Gasteiger partial charge in [0, 0.05) is 13.0 Å². The van der Waals surface area contributed by atoms with E-state index in [4.69, 9.17) is 14.9 Å². The second kappa shape index (κ2) is 4.81. The maximum atomic E-state index is 5.58. The molecule has 0 fully saturated rings. The topological polar surface area (TPSA) is 61.3 Å². The van der Waals surface area contributed by atoms with Gasteiger partial charge in [-0.05, 0) is 12.1 Å². The van der Waals surface area contributed by atoms with Crippen LogP contribution < -0.4 is 10.5 Å². The number of oxazole rings is 1. The average Bonchev–Trinajstić information content (AvgIpc) is 2.78. The van der Waals surface area contributed by atoms with Crippen LogP contribution in [0.4, 0.5) is 0 Å². The van der Waals surface area contributed by atoms with E-state index < -0.39 is 0 Å². The van der Waals surface area contributed by atoms with Crippen molar-refractivity contribution < 1.29 is 9.15 Å². The molecule has 4 heteroatoms. The van der Waals surface area contributed by atoms with Gasteiger partial charge in [0.1, 0.15) is 5.75 Å². The Bertz CT molecular complexity index is 466. The molecule has 2 N–H and O–H groups in total. The van der Waals surface area contributed by atoms with E-state index in [2.05, 4.69) is 4.98 Å². The number of aromatic nitrogens is 1. The first-order valence-electron chi connectivity index (χ1n) is 5.13. The Morgan fingerprint density at radius 2 is 2.19 bits per heavy atom. The summed E-state index contributed by atoms with van der Waals surface area (Å²) in [6.07, 6.45) is 2.35. The number of methoxy groups -OCH3 is 1. The van der Waals surface area contributed by atoms with Crippen LogP contribution in [0.25, 0.3) is 11.3 Å². The van der Waals surface area contributed by atoms with E-state index in [0.29, 0.717) is 24.6 Å². The Balaban J connectivity index is 2.34. The molecule has 0 aliphatic carbocycles. The Hall–Kier alpha value is -1.81. The maximum absolute atomic E-state index is 5.58. The minimum atomic E-state index is 0.534. The molecule has 1 heterocycles. The van der Waals surface area contributed by atoms with E-state index in [1.54, 1.807) is 13.3 Å². The first-order valence-corrected chi connectivity index (χ1v) is 5.13. The van der Waals surface area contributed by atoms with Gasteiger partial charge in [0.05, 0.1) is 18.9 Å². The number of nitrogens with zero attached hydrogens (tertiary/aromatic N) is 1. The molecule has 2 rings (SSSR count). The summed E-state index contributed by atoms with van der Waals surface area (Å²) in [6.45, 7) is 0.534. The van der Waals surface area contributed by atoms with Crippen molar-refractivity contribution in [3.63, 3.8) is 0 Å². The van der Waals surface area contributed by atoms with Gasteiger partial charge >= 0.3 is 0 Å². The van der Waals surface area contributed by atoms with Crippen LogP contribution in [0.2, 0.25) is 0 Å². The third-order valence-corrected chi connectivity index (χ3v) is 2.28. The zero-order chi connectivity index (χ0) is 11.4.